The molecule has 3 nitrogen and oxygen atoms in total. The number of hydrogen-bond donors (Lipinski definition) is 1. The zero-order valence-corrected chi connectivity index (χ0v) is 13.7. The van der Waals surface area contributed by atoms with Crippen molar-refractivity contribution < 1.29 is 14.6 Å². The molecule has 0 spiro atoms. The third kappa shape index (κ3) is 4.67. The van der Waals surface area contributed by atoms with Gasteiger partial charge in [0.05, 0.1) is 13.0 Å². The number of aryl methyl sites for hydroxylation is 1. The SMILES string of the molecule is COC(=O)C(CCC(CO)c1cccc(C)c1)c1ccccc1. The Hall–Kier alpha value is -2.13. The van der Waals surface area contributed by atoms with E-state index in [2.05, 4.69) is 6.07 Å². The van der Waals surface area contributed by atoms with Crippen LogP contribution in [-0.2, 0) is 9.53 Å². The Morgan fingerprint density at radius 1 is 1.04 bits per heavy atom. The van der Waals surface area contributed by atoms with Crippen molar-refractivity contribution in [1.29, 1.82) is 0 Å². The van der Waals surface area contributed by atoms with E-state index in [-0.39, 0.29) is 24.4 Å². The van der Waals surface area contributed by atoms with Gasteiger partial charge in [-0.2, -0.15) is 0 Å². The normalized spacial score (nSPS) is 13.3. The van der Waals surface area contributed by atoms with E-state index in [9.17, 15) is 9.90 Å². The molecule has 122 valence electrons. The zero-order chi connectivity index (χ0) is 16.7. The smallest absolute Gasteiger partial charge is 0.313 e. The Labute approximate surface area is 137 Å². The molecule has 0 aromatic heterocycles. The zero-order valence-electron chi connectivity index (χ0n) is 13.7. The predicted octanol–water partition coefficient (Wildman–Crippen LogP) is 3.81. The summed E-state index contributed by atoms with van der Waals surface area (Å²) >= 11 is 0. The molecule has 0 aliphatic carbocycles. The van der Waals surface area contributed by atoms with Crippen molar-refractivity contribution in [2.24, 2.45) is 0 Å². The van der Waals surface area contributed by atoms with Crippen LogP contribution in [0.5, 0.6) is 0 Å². The highest BCUT2D eigenvalue weighted by Crippen LogP contribution is 2.29. The molecule has 2 aromatic rings. The van der Waals surface area contributed by atoms with Crippen LogP contribution in [0.15, 0.2) is 54.6 Å². The summed E-state index contributed by atoms with van der Waals surface area (Å²) in [5.74, 6) is -0.483. The number of hydrogen-bond acceptors (Lipinski definition) is 3. The van der Waals surface area contributed by atoms with Gasteiger partial charge in [0.25, 0.3) is 0 Å². The molecule has 0 bridgehead atoms. The molecule has 1 N–H and O–H groups in total. The van der Waals surface area contributed by atoms with E-state index < -0.39 is 0 Å². The van der Waals surface area contributed by atoms with Gasteiger partial charge < -0.3 is 9.84 Å². The molecule has 0 aliphatic rings. The third-order valence-corrected chi connectivity index (χ3v) is 4.23. The number of benzene rings is 2. The minimum atomic E-state index is -0.292. The summed E-state index contributed by atoms with van der Waals surface area (Å²) in [6.07, 6.45) is 1.38. The quantitative estimate of drug-likeness (QED) is 0.791. The summed E-state index contributed by atoms with van der Waals surface area (Å²) in [5, 5.41) is 9.73. The van der Waals surface area contributed by atoms with Crippen LogP contribution in [-0.4, -0.2) is 24.8 Å². The average molecular weight is 312 g/mol. The summed E-state index contributed by atoms with van der Waals surface area (Å²) in [4.78, 5) is 12.1. The van der Waals surface area contributed by atoms with Crippen LogP contribution in [0.4, 0.5) is 0 Å². The lowest BCUT2D eigenvalue weighted by atomic mass is 9.87. The summed E-state index contributed by atoms with van der Waals surface area (Å²) < 4.78 is 4.96. The Balaban J connectivity index is 2.12. The Kier molecular flexibility index (Phi) is 6.36. The van der Waals surface area contributed by atoms with Gasteiger partial charge in [0.2, 0.25) is 0 Å². The van der Waals surface area contributed by atoms with Crippen molar-refractivity contribution >= 4 is 5.97 Å². The monoisotopic (exact) mass is 312 g/mol. The second-order valence-corrected chi connectivity index (χ2v) is 5.86. The van der Waals surface area contributed by atoms with Gasteiger partial charge in [-0.25, -0.2) is 0 Å². The first kappa shape index (κ1) is 17.2. The maximum absolute atomic E-state index is 12.1. The first-order valence-corrected chi connectivity index (χ1v) is 7.96. The van der Waals surface area contributed by atoms with Gasteiger partial charge in [0, 0.05) is 12.5 Å². The average Bonchev–Trinajstić information content (AvgIpc) is 2.59. The van der Waals surface area contributed by atoms with Crippen LogP contribution in [0, 0.1) is 6.92 Å². The molecule has 0 aliphatic heterocycles. The van der Waals surface area contributed by atoms with E-state index in [1.54, 1.807) is 0 Å². The van der Waals surface area contributed by atoms with Crippen LogP contribution in [0.2, 0.25) is 0 Å². The molecule has 2 atom stereocenters. The van der Waals surface area contributed by atoms with Crippen molar-refractivity contribution in [2.45, 2.75) is 31.6 Å². The number of carbonyl (C=O) groups excluding carboxylic acids is 1. The minimum absolute atomic E-state index is 0.0331. The van der Waals surface area contributed by atoms with Crippen LogP contribution in [0.1, 0.15) is 41.4 Å². The number of rotatable bonds is 7. The van der Waals surface area contributed by atoms with E-state index >= 15 is 0 Å². The summed E-state index contributed by atoms with van der Waals surface area (Å²) in [6, 6.07) is 17.8. The second-order valence-electron chi connectivity index (χ2n) is 5.86. The highest BCUT2D eigenvalue weighted by Gasteiger charge is 2.23. The fraction of sp³-hybridized carbons (Fsp3) is 0.350. The van der Waals surface area contributed by atoms with Gasteiger partial charge in [0.15, 0.2) is 0 Å². The topological polar surface area (TPSA) is 46.5 Å². The standard InChI is InChI=1S/C20H24O3/c1-15-7-6-10-17(13-15)18(14-21)11-12-19(20(22)23-2)16-8-4-3-5-9-16/h3-10,13,18-19,21H,11-12,14H2,1-2H3. The fourth-order valence-electron chi connectivity index (χ4n) is 2.90. The molecule has 23 heavy (non-hydrogen) atoms. The van der Waals surface area contributed by atoms with E-state index in [1.165, 1.54) is 12.7 Å². The predicted molar refractivity (Wildman–Crippen MR) is 91.4 cm³/mol. The van der Waals surface area contributed by atoms with Gasteiger partial charge >= 0.3 is 5.97 Å². The van der Waals surface area contributed by atoms with E-state index in [4.69, 9.17) is 4.74 Å². The molecule has 2 aromatic carbocycles. The number of aliphatic hydroxyl groups is 1. The van der Waals surface area contributed by atoms with E-state index in [0.717, 1.165) is 17.5 Å². The Morgan fingerprint density at radius 2 is 1.74 bits per heavy atom. The summed E-state index contributed by atoms with van der Waals surface area (Å²) in [6.45, 7) is 2.12. The molecule has 0 saturated carbocycles. The van der Waals surface area contributed by atoms with Gasteiger partial charge in [-0.15, -0.1) is 0 Å². The largest absolute Gasteiger partial charge is 0.469 e. The van der Waals surface area contributed by atoms with E-state index in [0.29, 0.717) is 6.42 Å². The molecule has 0 radical (unpaired) electrons. The number of methoxy groups -OCH3 is 1. The van der Waals surface area contributed by atoms with Crippen LogP contribution in [0.25, 0.3) is 0 Å². The highest BCUT2D eigenvalue weighted by molar-refractivity contribution is 5.78. The molecular formula is C20H24O3. The van der Waals surface area contributed by atoms with Gasteiger partial charge in [-0.05, 0) is 30.9 Å². The molecule has 3 heteroatoms. The molecule has 2 rings (SSSR count). The lowest BCUT2D eigenvalue weighted by Gasteiger charge is -2.19. The van der Waals surface area contributed by atoms with E-state index in [1.807, 2.05) is 55.5 Å². The highest BCUT2D eigenvalue weighted by atomic mass is 16.5. The molecule has 0 saturated heterocycles. The molecule has 0 fully saturated rings. The first-order chi connectivity index (χ1) is 11.2. The number of aliphatic hydroxyl groups excluding tert-OH is 1. The second kappa shape index (κ2) is 8.49. The number of esters is 1. The first-order valence-electron chi connectivity index (χ1n) is 7.96. The third-order valence-electron chi connectivity index (χ3n) is 4.23. The summed E-state index contributed by atoms with van der Waals surface area (Å²) in [5.41, 5.74) is 3.25. The van der Waals surface area contributed by atoms with Crippen molar-refractivity contribution in [1.82, 2.24) is 0 Å². The van der Waals surface area contributed by atoms with Gasteiger partial charge in [0.1, 0.15) is 0 Å². The Morgan fingerprint density at radius 3 is 2.35 bits per heavy atom. The van der Waals surface area contributed by atoms with Crippen LogP contribution in [0.3, 0.4) is 0 Å². The lowest BCUT2D eigenvalue weighted by molar-refractivity contribution is -0.142. The minimum Gasteiger partial charge on any atom is -0.469 e. The van der Waals surface area contributed by atoms with Crippen molar-refractivity contribution in [3.8, 4) is 0 Å². The Bertz CT molecular complexity index is 622. The molecular weight excluding hydrogens is 288 g/mol. The molecule has 0 heterocycles. The van der Waals surface area contributed by atoms with Crippen LogP contribution < -0.4 is 0 Å². The molecule has 0 amide bonds. The lowest BCUT2D eigenvalue weighted by Crippen LogP contribution is -2.16. The van der Waals surface area contributed by atoms with Crippen molar-refractivity contribution in [2.75, 3.05) is 13.7 Å². The van der Waals surface area contributed by atoms with Crippen molar-refractivity contribution in [3.05, 3.63) is 71.3 Å². The fourth-order valence-corrected chi connectivity index (χ4v) is 2.90. The maximum Gasteiger partial charge on any atom is 0.313 e. The number of ether oxygens (including phenoxy) is 1. The van der Waals surface area contributed by atoms with Gasteiger partial charge in [-0.1, -0.05) is 60.2 Å². The summed E-state index contributed by atoms with van der Waals surface area (Å²) in [7, 11) is 1.42. The van der Waals surface area contributed by atoms with Gasteiger partial charge in [-0.3, -0.25) is 4.79 Å². The van der Waals surface area contributed by atoms with Crippen molar-refractivity contribution in [3.63, 3.8) is 0 Å². The van der Waals surface area contributed by atoms with Crippen LogP contribution >= 0.6 is 0 Å². The molecule has 2 unspecified atom stereocenters. The number of carbonyl (C=O) groups is 1. The maximum atomic E-state index is 12.1.